The van der Waals surface area contributed by atoms with E-state index in [0.29, 0.717) is 17.9 Å². The van der Waals surface area contributed by atoms with Gasteiger partial charge in [0.15, 0.2) is 0 Å². The van der Waals surface area contributed by atoms with Gasteiger partial charge >= 0.3 is 0 Å². The topological polar surface area (TPSA) is 80.0 Å². The molecule has 0 aliphatic carbocycles. The number of anilines is 1. The van der Waals surface area contributed by atoms with Crippen LogP contribution in [0.15, 0.2) is 24.3 Å². The van der Waals surface area contributed by atoms with E-state index in [1.165, 1.54) is 4.88 Å². The largest absolute Gasteiger partial charge is 0.347 e. The number of nitrogen functional groups attached to an aromatic ring is 1. The molecule has 112 valence electrons. The van der Waals surface area contributed by atoms with E-state index < -0.39 is 0 Å². The number of aromatic nitrogens is 1. The van der Waals surface area contributed by atoms with Crippen molar-refractivity contribution in [1.82, 2.24) is 10.3 Å². The molecule has 0 unspecified atom stereocenters. The smallest absolute Gasteiger partial charge is 0.251 e. The zero-order chi connectivity index (χ0) is 15.2. The van der Waals surface area contributed by atoms with Gasteiger partial charge in [0, 0.05) is 21.0 Å². The first-order chi connectivity index (χ1) is 10.2. The third-order valence-corrected chi connectivity index (χ3v) is 4.37. The molecule has 0 aromatic carbocycles. The summed E-state index contributed by atoms with van der Waals surface area (Å²) in [4.78, 5) is 19.0. The summed E-state index contributed by atoms with van der Waals surface area (Å²) in [6, 6.07) is 7.60. The lowest BCUT2D eigenvalue weighted by atomic mass is 10.2. The standard InChI is InChI=1S/C15H20N4OS/c1-3-11-7-10(8-14(18-11)19-16)15(20)17-9-13-6-5-12(4-2)21-13/h5-8H,3-4,9,16H2,1-2H3,(H,17,20)(H,18,19). The molecule has 5 nitrogen and oxygen atoms in total. The van der Waals surface area contributed by atoms with Gasteiger partial charge in [-0.25, -0.2) is 10.8 Å². The molecule has 1 amide bonds. The fraction of sp³-hybridized carbons (Fsp3) is 0.333. The molecule has 0 bridgehead atoms. The van der Waals surface area contributed by atoms with E-state index in [4.69, 9.17) is 5.84 Å². The highest BCUT2D eigenvalue weighted by molar-refractivity contribution is 7.11. The van der Waals surface area contributed by atoms with Crippen molar-refractivity contribution in [3.8, 4) is 0 Å². The molecule has 0 saturated carbocycles. The van der Waals surface area contributed by atoms with E-state index in [0.717, 1.165) is 23.4 Å². The fourth-order valence-electron chi connectivity index (χ4n) is 1.95. The van der Waals surface area contributed by atoms with Gasteiger partial charge in [0.2, 0.25) is 0 Å². The molecule has 2 aromatic heterocycles. The number of nitrogens with two attached hydrogens (primary N) is 1. The van der Waals surface area contributed by atoms with Crippen LogP contribution in [0.3, 0.4) is 0 Å². The number of carbonyl (C=O) groups excluding carboxylic acids is 1. The Morgan fingerprint density at radius 1 is 1.24 bits per heavy atom. The van der Waals surface area contributed by atoms with E-state index in [2.05, 4.69) is 34.8 Å². The van der Waals surface area contributed by atoms with Gasteiger partial charge in [-0.15, -0.1) is 11.3 Å². The van der Waals surface area contributed by atoms with Crippen LogP contribution in [0.5, 0.6) is 0 Å². The van der Waals surface area contributed by atoms with Crippen molar-refractivity contribution in [1.29, 1.82) is 0 Å². The number of nitrogens with zero attached hydrogens (tertiary/aromatic N) is 1. The maximum atomic E-state index is 12.2. The van der Waals surface area contributed by atoms with Crippen molar-refractivity contribution >= 4 is 23.1 Å². The number of pyridine rings is 1. The zero-order valence-electron chi connectivity index (χ0n) is 12.3. The molecule has 0 radical (unpaired) electrons. The van der Waals surface area contributed by atoms with Crippen molar-refractivity contribution in [2.24, 2.45) is 5.84 Å². The summed E-state index contributed by atoms with van der Waals surface area (Å²) in [5.74, 6) is 5.77. The maximum Gasteiger partial charge on any atom is 0.251 e. The fourth-order valence-corrected chi connectivity index (χ4v) is 2.85. The third kappa shape index (κ3) is 4.03. The van der Waals surface area contributed by atoms with Crippen LogP contribution < -0.4 is 16.6 Å². The van der Waals surface area contributed by atoms with Crippen LogP contribution in [-0.2, 0) is 19.4 Å². The number of hydrogen-bond donors (Lipinski definition) is 3. The number of amides is 1. The number of hydrogen-bond acceptors (Lipinski definition) is 5. The van der Waals surface area contributed by atoms with Crippen LogP contribution in [0.1, 0.15) is 39.7 Å². The second kappa shape index (κ2) is 7.19. The first-order valence-corrected chi connectivity index (χ1v) is 7.81. The molecular weight excluding hydrogens is 284 g/mol. The van der Waals surface area contributed by atoms with Gasteiger partial charge in [0.25, 0.3) is 5.91 Å². The molecule has 6 heteroatoms. The van der Waals surface area contributed by atoms with Gasteiger partial charge in [-0.3, -0.25) is 4.79 Å². The quantitative estimate of drug-likeness (QED) is 0.566. The first-order valence-electron chi connectivity index (χ1n) is 6.99. The Labute approximate surface area is 128 Å². The lowest BCUT2D eigenvalue weighted by Gasteiger charge is -2.08. The second-order valence-electron chi connectivity index (χ2n) is 4.63. The van der Waals surface area contributed by atoms with Crippen molar-refractivity contribution in [3.63, 3.8) is 0 Å². The van der Waals surface area contributed by atoms with Gasteiger partial charge in [0.1, 0.15) is 5.82 Å². The van der Waals surface area contributed by atoms with E-state index in [-0.39, 0.29) is 5.91 Å². The SMILES string of the molecule is CCc1cc(C(=O)NCc2ccc(CC)s2)cc(NN)n1. The van der Waals surface area contributed by atoms with E-state index in [1.807, 2.05) is 6.92 Å². The average molecular weight is 304 g/mol. The van der Waals surface area contributed by atoms with Crippen LogP contribution in [0, 0.1) is 0 Å². The summed E-state index contributed by atoms with van der Waals surface area (Å²) in [6.07, 6.45) is 1.77. The van der Waals surface area contributed by atoms with Gasteiger partial charge in [-0.1, -0.05) is 13.8 Å². The third-order valence-electron chi connectivity index (χ3n) is 3.14. The van der Waals surface area contributed by atoms with Crippen molar-refractivity contribution < 1.29 is 4.79 Å². The highest BCUT2D eigenvalue weighted by Crippen LogP contribution is 2.17. The predicted molar refractivity (Wildman–Crippen MR) is 86.3 cm³/mol. The lowest BCUT2D eigenvalue weighted by Crippen LogP contribution is -2.23. The van der Waals surface area contributed by atoms with Gasteiger partial charge in [-0.2, -0.15) is 0 Å². The highest BCUT2D eigenvalue weighted by Gasteiger charge is 2.09. The molecule has 2 rings (SSSR count). The minimum Gasteiger partial charge on any atom is -0.347 e. The summed E-state index contributed by atoms with van der Waals surface area (Å²) in [7, 11) is 0. The molecule has 21 heavy (non-hydrogen) atoms. The Morgan fingerprint density at radius 3 is 2.62 bits per heavy atom. The first kappa shape index (κ1) is 15.5. The second-order valence-corrected chi connectivity index (χ2v) is 5.89. The van der Waals surface area contributed by atoms with Crippen LogP contribution in [0.4, 0.5) is 5.82 Å². The molecule has 0 fully saturated rings. The Balaban J connectivity index is 2.05. The number of aryl methyl sites for hydroxylation is 2. The average Bonchev–Trinajstić information content (AvgIpc) is 3.00. The summed E-state index contributed by atoms with van der Waals surface area (Å²) >= 11 is 1.73. The molecule has 0 aliphatic heterocycles. The van der Waals surface area contributed by atoms with Gasteiger partial charge in [-0.05, 0) is 37.1 Å². The molecule has 0 saturated heterocycles. The number of carbonyl (C=O) groups is 1. The van der Waals surface area contributed by atoms with Crippen LogP contribution in [-0.4, -0.2) is 10.9 Å². The summed E-state index contributed by atoms with van der Waals surface area (Å²) in [5, 5.41) is 2.93. The predicted octanol–water partition coefficient (Wildman–Crippen LogP) is 2.48. The summed E-state index contributed by atoms with van der Waals surface area (Å²) in [5.41, 5.74) is 3.90. The summed E-state index contributed by atoms with van der Waals surface area (Å²) in [6.45, 7) is 4.65. The van der Waals surface area contributed by atoms with Crippen molar-refractivity contribution in [3.05, 3.63) is 45.3 Å². The van der Waals surface area contributed by atoms with Crippen LogP contribution in [0.2, 0.25) is 0 Å². The van der Waals surface area contributed by atoms with E-state index in [9.17, 15) is 4.79 Å². The van der Waals surface area contributed by atoms with Crippen LogP contribution in [0.25, 0.3) is 0 Å². The molecule has 2 aromatic rings. The van der Waals surface area contributed by atoms with Gasteiger partial charge in [0.05, 0.1) is 6.54 Å². The van der Waals surface area contributed by atoms with Crippen molar-refractivity contribution in [2.75, 3.05) is 5.43 Å². The number of rotatable bonds is 6. The minimum absolute atomic E-state index is 0.116. The van der Waals surface area contributed by atoms with Crippen LogP contribution >= 0.6 is 11.3 Å². The Morgan fingerprint density at radius 2 is 2.00 bits per heavy atom. The monoisotopic (exact) mass is 304 g/mol. The molecule has 0 atom stereocenters. The highest BCUT2D eigenvalue weighted by atomic mass is 32.1. The van der Waals surface area contributed by atoms with Crippen molar-refractivity contribution in [2.45, 2.75) is 33.2 Å². The van der Waals surface area contributed by atoms with Gasteiger partial charge < -0.3 is 10.7 Å². The van der Waals surface area contributed by atoms with E-state index in [1.54, 1.807) is 23.5 Å². The number of thiophene rings is 1. The Bertz CT molecular complexity index is 602. The zero-order valence-corrected chi connectivity index (χ0v) is 13.1. The number of hydrazine groups is 1. The molecular formula is C15H20N4OS. The number of nitrogens with one attached hydrogen (secondary N) is 2. The molecule has 4 N–H and O–H groups in total. The maximum absolute atomic E-state index is 12.2. The Hall–Kier alpha value is -1.92. The van der Waals surface area contributed by atoms with E-state index >= 15 is 0 Å². The Kier molecular flexibility index (Phi) is 5.30. The molecule has 0 aliphatic rings. The minimum atomic E-state index is -0.116. The molecule has 2 heterocycles. The molecule has 0 spiro atoms. The lowest BCUT2D eigenvalue weighted by molar-refractivity contribution is 0.0951. The summed E-state index contributed by atoms with van der Waals surface area (Å²) < 4.78 is 0. The normalized spacial score (nSPS) is 10.4.